The van der Waals surface area contributed by atoms with Crippen molar-refractivity contribution in [2.45, 2.75) is 58.2 Å². The van der Waals surface area contributed by atoms with Crippen LogP contribution >= 0.6 is 0 Å². The Morgan fingerprint density at radius 3 is 2.21 bits per heavy atom. The van der Waals surface area contributed by atoms with E-state index < -0.39 is 11.6 Å². The second-order valence-electron chi connectivity index (χ2n) is 4.54. The highest BCUT2D eigenvalue weighted by Gasteiger charge is 2.23. The molecule has 0 saturated carbocycles. The molecule has 0 aromatic carbocycles. The third kappa shape index (κ3) is 5.94. The van der Waals surface area contributed by atoms with Crippen molar-refractivity contribution in [2.75, 3.05) is 0 Å². The average molecular weight is 202 g/mol. The van der Waals surface area contributed by atoms with Crippen LogP contribution in [-0.4, -0.2) is 23.7 Å². The van der Waals surface area contributed by atoms with Crippen LogP contribution in [-0.2, 0) is 9.53 Å². The minimum atomic E-state index is -0.607. The lowest BCUT2D eigenvalue weighted by Crippen LogP contribution is -2.41. The van der Waals surface area contributed by atoms with Crippen molar-refractivity contribution >= 4 is 5.97 Å². The van der Waals surface area contributed by atoms with Crippen LogP contribution in [0.4, 0.5) is 0 Å². The predicted molar refractivity (Wildman–Crippen MR) is 56.7 cm³/mol. The second-order valence-corrected chi connectivity index (χ2v) is 4.54. The van der Waals surface area contributed by atoms with Gasteiger partial charge in [0.1, 0.15) is 11.6 Å². The molecule has 0 rings (SSSR count). The van der Waals surface area contributed by atoms with Gasteiger partial charge in [0.15, 0.2) is 0 Å². The van der Waals surface area contributed by atoms with E-state index in [1.807, 2.05) is 27.7 Å². The van der Waals surface area contributed by atoms with Crippen LogP contribution in [0.15, 0.2) is 0 Å². The third-order valence-corrected chi connectivity index (χ3v) is 1.79. The van der Waals surface area contributed by atoms with Crippen molar-refractivity contribution in [3.05, 3.63) is 0 Å². The number of carbonyl (C=O) groups is 1. The molecule has 2 atom stereocenters. The summed E-state index contributed by atoms with van der Waals surface area (Å²) < 4.78 is 5.13. The molecule has 0 heterocycles. The standard InChI is InChI=1S/C10H22N2O2/c1-5-7(11)6-8(12)9(13)14-10(2,3)4/h7-8H,5-6,11-12H2,1-4H3/t7-,8+/m0/s1. The molecule has 84 valence electrons. The van der Waals surface area contributed by atoms with Crippen LogP contribution < -0.4 is 11.5 Å². The van der Waals surface area contributed by atoms with Crippen molar-refractivity contribution in [3.63, 3.8) is 0 Å². The number of ether oxygens (including phenoxy) is 1. The molecule has 0 amide bonds. The molecule has 4 N–H and O–H groups in total. The topological polar surface area (TPSA) is 78.3 Å². The van der Waals surface area contributed by atoms with Crippen LogP contribution in [0, 0.1) is 0 Å². The summed E-state index contributed by atoms with van der Waals surface area (Å²) in [5, 5.41) is 0. The van der Waals surface area contributed by atoms with Crippen molar-refractivity contribution in [3.8, 4) is 0 Å². The van der Waals surface area contributed by atoms with Gasteiger partial charge in [0.25, 0.3) is 0 Å². The van der Waals surface area contributed by atoms with Gasteiger partial charge in [0.2, 0.25) is 0 Å². The lowest BCUT2D eigenvalue weighted by molar-refractivity contribution is -0.156. The van der Waals surface area contributed by atoms with Gasteiger partial charge in [-0.2, -0.15) is 0 Å². The van der Waals surface area contributed by atoms with E-state index in [1.54, 1.807) is 0 Å². The Hall–Kier alpha value is -0.610. The van der Waals surface area contributed by atoms with Crippen LogP contribution in [0.2, 0.25) is 0 Å². The van der Waals surface area contributed by atoms with Gasteiger partial charge in [-0.15, -0.1) is 0 Å². The van der Waals surface area contributed by atoms with Crippen LogP contribution in [0.1, 0.15) is 40.5 Å². The summed E-state index contributed by atoms with van der Waals surface area (Å²) in [6.07, 6.45) is 1.29. The summed E-state index contributed by atoms with van der Waals surface area (Å²) in [5.74, 6) is -0.374. The fraction of sp³-hybridized carbons (Fsp3) is 0.900. The number of rotatable bonds is 4. The third-order valence-electron chi connectivity index (χ3n) is 1.79. The molecule has 0 aromatic heterocycles. The van der Waals surface area contributed by atoms with Gasteiger partial charge in [-0.25, -0.2) is 0 Å². The molecule has 0 aliphatic carbocycles. The van der Waals surface area contributed by atoms with E-state index >= 15 is 0 Å². The molecule has 4 nitrogen and oxygen atoms in total. The molecular weight excluding hydrogens is 180 g/mol. The zero-order chi connectivity index (χ0) is 11.4. The van der Waals surface area contributed by atoms with Gasteiger partial charge < -0.3 is 16.2 Å². The average Bonchev–Trinajstić information content (AvgIpc) is 2.00. The summed E-state index contributed by atoms with van der Waals surface area (Å²) in [5.41, 5.74) is 10.9. The van der Waals surface area contributed by atoms with Gasteiger partial charge in [-0.3, -0.25) is 4.79 Å². The first-order valence-electron chi connectivity index (χ1n) is 5.00. The molecule has 0 spiro atoms. The molecule has 0 radical (unpaired) electrons. The quantitative estimate of drug-likeness (QED) is 0.660. The molecule has 0 aliphatic rings. The molecule has 4 heteroatoms. The van der Waals surface area contributed by atoms with Crippen LogP contribution in [0.5, 0.6) is 0 Å². The fourth-order valence-electron chi connectivity index (χ4n) is 0.967. The molecule has 0 saturated heterocycles. The second kappa shape index (κ2) is 5.32. The largest absolute Gasteiger partial charge is 0.459 e. The van der Waals surface area contributed by atoms with E-state index in [0.717, 1.165) is 6.42 Å². The lowest BCUT2D eigenvalue weighted by atomic mass is 10.1. The summed E-state index contributed by atoms with van der Waals surface area (Å²) >= 11 is 0. The summed E-state index contributed by atoms with van der Waals surface area (Å²) in [6.45, 7) is 7.42. The van der Waals surface area contributed by atoms with Gasteiger partial charge in [-0.1, -0.05) is 6.92 Å². The summed E-state index contributed by atoms with van der Waals surface area (Å²) in [7, 11) is 0. The minimum Gasteiger partial charge on any atom is -0.459 e. The Bertz CT molecular complexity index is 187. The Labute approximate surface area is 86.0 Å². The Balaban J connectivity index is 4.00. The molecule has 0 unspecified atom stereocenters. The predicted octanol–water partition coefficient (Wildman–Crippen LogP) is 0.783. The van der Waals surface area contributed by atoms with Gasteiger partial charge >= 0.3 is 5.97 Å². The summed E-state index contributed by atoms with van der Waals surface area (Å²) in [4.78, 5) is 11.4. The Kier molecular flexibility index (Phi) is 5.08. The van der Waals surface area contributed by atoms with Crippen LogP contribution in [0.3, 0.4) is 0 Å². The SMILES string of the molecule is CC[C@H](N)C[C@@H](N)C(=O)OC(C)(C)C. The smallest absolute Gasteiger partial charge is 0.323 e. The van der Waals surface area contributed by atoms with E-state index in [0.29, 0.717) is 6.42 Å². The maximum absolute atomic E-state index is 11.4. The lowest BCUT2D eigenvalue weighted by Gasteiger charge is -2.23. The number of carbonyl (C=O) groups excluding carboxylic acids is 1. The fourth-order valence-corrected chi connectivity index (χ4v) is 0.967. The molecule has 14 heavy (non-hydrogen) atoms. The molecular formula is C10H22N2O2. The zero-order valence-electron chi connectivity index (χ0n) is 9.54. The number of hydrogen-bond acceptors (Lipinski definition) is 4. The van der Waals surface area contributed by atoms with Gasteiger partial charge in [-0.05, 0) is 33.6 Å². The first-order chi connectivity index (χ1) is 6.26. The van der Waals surface area contributed by atoms with Crippen molar-refractivity contribution in [2.24, 2.45) is 11.5 Å². The monoisotopic (exact) mass is 202 g/mol. The van der Waals surface area contributed by atoms with E-state index in [2.05, 4.69) is 0 Å². The highest BCUT2D eigenvalue weighted by atomic mass is 16.6. The molecule has 0 bridgehead atoms. The molecule has 0 aromatic rings. The molecule has 0 fully saturated rings. The van der Waals surface area contributed by atoms with E-state index in [9.17, 15) is 4.79 Å². The first-order valence-corrected chi connectivity index (χ1v) is 5.00. The highest BCUT2D eigenvalue weighted by Crippen LogP contribution is 2.09. The Morgan fingerprint density at radius 2 is 1.86 bits per heavy atom. The van der Waals surface area contributed by atoms with Crippen LogP contribution in [0.25, 0.3) is 0 Å². The van der Waals surface area contributed by atoms with Gasteiger partial charge in [0, 0.05) is 6.04 Å². The van der Waals surface area contributed by atoms with E-state index in [1.165, 1.54) is 0 Å². The van der Waals surface area contributed by atoms with Crippen molar-refractivity contribution in [1.82, 2.24) is 0 Å². The number of hydrogen-bond donors (Lipinski definition) is 2. The first kappa shape index (κ1) is 13.4. The number of nitrogens with two attached hydrogens (primary N) is 2. The maximum Gasteiger partial charge on any atom is 0.323 e. The minimum absolute atomic E-state index is 0.0301. The van der Waals surface area contributed by atoms with E-state index in [4.69, 9.17) is 16.2 Å². The van der Waals surface area contributed by atoms with Crippen molar-refractivity contribution < 1.29 is 9.53 Å². The van der Waals surface area contributed by atoms with E-state index in [-0.39, 0.29) is 12.0 Å². The molecule has 0 aliphatic heterocycles. The number of esters is 1. The normalized spacial score (nSPS) is 16.1. The zero-order valence-corrected chi connectivity index (χ0v) is 9.54. The van der Waals surface area contributed by atoms with Gasteiger partial charge in [0.05, 0.1) is 0 Å². The highest BCUT2D eigenvalue weighted by molar-refractivity contribution is 5.75. The maximum atomic E-state index is 11.4. The summed E-state index contributed by atoms with van der Waals surface area (Å²) in [6, 6.07) is -0.637. The van der Waals surface area contributed by atoms with Crippen molar-refractivity contribution in [1.29, 1.82) is 0 Å². The Morgan fingerprint density at radius 1 is 1.36 bits per heavy atom.